The molecule has 0 heterocycles. The second kappa shape index (κ2) is 7.12. The largest absolute Gasteiger partial charge is 0.355 e. The molecular formula is C12H16N4O3. The molecule has 7 heteroatoms. The van der Waals surface area contributed by atoms with Gasteiger partial charge >= 0.3 is 0 Å². The molecule has 0 aliphatic carbocycles. The van der Waals surface area contributed by atoms with E-state index < -0.39 is 11.8 Å². The Morgan fingerprint density at radius 1 is 1.16 bits per heavy atom. The van der Waals surface area contributed by atoms with Crippen molar-refractivity contribution >= 4 is 23.4 Å². The summed E-state index contributed by atoms with van der Waals surface area (Å²) in [6.45, 7) is -0.375. The zero-order valence-corrected chi connectivity index (χ0v) is 10.5. The molecule has 0 aliphatic rings. The van der Waals surface area contributed by atoms with E-state index in [2.05, 4.69) is 16.0 Å². The minimum atomic E-state index is -0.432. The summed E-state index contributed by atoms with van der Waals surface area (Å²) in [7, 11) is 1.50. The van der Waals surface area contributed by atoms with E-state index in [4.69, 9.17) is 5.73 Å². The van der Waals surface area contributed by atoms with Crippen LogP contribution in [0.3, 0.4) is 0 Å². The number of hydrogen-bond donors (Lipinski definition) is 4. The predicted octanol–water partition coefficient (Wildman–Crippen LogP) is -0.940. The first kappa shape index (κ1) is 14.7. The molecular weight excluding hydrogens is 248 g/mol. The molecule has 0 saturated heterocycles. The van der Waals surface area contributed by atoms with Crippen molar-refractivity contribution in [3.63, 3.8) is 0 Å². The Hall–Kier alpha value is -2.41. The maximum absolute atomic E-state index is 11.6. The molecule has 0 aromatic heterocycles. The van der Waals surface area contributed by atoms with Crippen LogP contribution in [0.5, 0.6) is 0 Å². The van der Waals surface area contributed by atoms with Gasteiger partial charge in [-0.25, -0.2) is 0 Å². The number of anilines is 1. The third kappa shape index (κ3) is 4.40. The lowest BCUT2D eigenvalue weighted by atomic mass is 10.1. The molecule has 0 fully saturated rings. The minimum Gasteiger partial charge on any atom is -0.355 e. The summed E-state index contributed by atoms with van der Waals surface area (Å²) in [5.74, 6) is -1.16. The lowest BCUT2D eigenvalue weighted by Gasteiger charge is -2.10. The van der Waals surface area contributed by atoms with Crippen LogP contribution in [0.25, 0.3) is 0 Å². The van der Waals surface area contributed by atoms with Crippen LogP contribution in [0.2, 0.25) is 0 Å². The van der Waals surface area contributed by atoms with Gasteiger partial charge in [-0.05, 0) is 12.1 Å². The topological polar surface area (TPSA) is 113 Å². The van der Waals surface area contributed by atoms with Gasteiger partial charge in [0, 0.05) is 7.05 Å². The second-order valence-electron chi connectivity index (χ2n) is 3.65. The molecule has 0 atom stereocenters. The van der Waals surface area contributed by atoms with Crippen molar-refractivity contribution in [3.8, 4) is 0 Å². The van der Waals surface area contributed by atoms with Crippen molar-refractivity contribution < 1.29 is 14.4 Å². The van der Waals surface area contributed by atoms with Crippen molar-refractivity contribution in [3.05, 3.63) is 29.8 Å². The van der Waals surface area contributed by atoms with Gasteiger partial charge in [-0.15, -0.1) is 0 Å². The fourth-order valence-electron chi connectivity index (χ4n) is 1.37. The fraction of sp³-hybridized carbons (Fsp3) is 0.250. The lowest BCUT2D eigenvalue weighted by Crippen LogP contribution is -2.36. The molecule has 5 N–H and O–H groups in total. The summed E-state index contributed by atoms with van der Waals surface area (Å²) >= 11 is 0. The SMILES string of the molecule is CNC(=O)c1ccccc1NC(=O)CNC(=O)CN. The van der Waals surface area contributed by atoms with Gasteiger partial charge in [-0.3, -0.25) is 14.4 Å². The van der Waals surface area contributed by atoms with Crippen LogP contribution in [-0.4, -0.2) is 37.9 Å². The normalized spacial score (nSPS) is 9.58. The van der Waals surface area contributed by atoms with E-state index in [1.807, 2.05) is 0 Å². The first-order valence-corrected chi connectivity index (χ1v) is 5.66. The molecule has 1 aromatic rings. The monoisotopic (exact) mass is 264 g/mol. The maximum Gasteiger partial charge on any atom is 0.253 e. The van der Waals surface area contributed by atoms with Crippen molar-refractivity contribution in [2.45, 2.75) is 0 Å². The van der Waals surface area contributed by atoms with Crippen molar-refractivity contribution in [2.75, 3.05) is 25.5 Å². The second-order valence-corrected chi connectivity index (χ2v) is 3.65. The molecule has 0 unspecified atom stereocenters. The quantitative estimate of drug-likeness (QED) is 0.549. The standard InChI is InChI=1S/C12H16N4O3/c1-14-12(19)8-4-2-3-5-9(8)16-11(18)7-15-10(17)6-13/h2-5H,6-7,13H2,1H3,(H,14,19)(H,15,17)(H,16,18). The zero-order chi connectivity index (χ0) is 14.3. The fourth-order valence-corrected chi connectivity index (χ4v) is 1.37. The highest BCUT2D eigenvalue weighted by atomic mass is 16.2. The maximum atomic E-state index is 11.6. The zero-order valence-electron chi connectivity index (χ0n) is 10.5. The highest BCUT2D eigenvalue weighted by Gasteiger charge is 2.11. The molecule has 3 amide bonds. The van der Waals surface area contributed by atoms with Gasteiger partial charge in [-0.2, -0.15) is 0 Å². The van der Waals surface area contributed by atoms with Gasteiger partial charge in [0.2, 0.25) is 11.8 Å². The van der Waals surface area contributed by atoms with Gasteiger partial charge in [0.1, 0.15) is 0 Å². The number of nitrogens with two attached hydrogens (primary N) is 1. The predicted molar refractivity (Wildman–Crippen MR) is 70.5 cm³/mol. The molecule has 0 saturated carbocycles. The van der Waals surface area contributed by atoms with Crippen molar-refractivity contribution in [1.82, 2.24) is 10.6 Å². The van der Waals surface area contributed by atoms with Crippen LogP contribution in [0.15, 0.2) is 24.3 Å². The molecule has 0 aliphatic heterocycles. The van der Waals surface area contributed by atoms with E-state index in [-0.39, 0.29) is 19.0 Å². The number of para-hydroxylation sites is 1. The van der Waals surface area contributed by atoms with Crippen LogP contribution in [0, 0.1) is 0 Å². The van der Waals surface area contributed by atoms with Gasteiger partial charge < -0.3 is 21.7 Å². The van der Waals surface area contributed by atoms with E-state index in [0.29, 0.717) is 11.3 Å². The Bertz CT molecular complexity index is 488. The summed E-state index contributed by atoms with van der Waals surface area (Å²) in [6.07, 6.45) is 0. The van der Waals surface area contributed by atoms with Crippen LogP contribution in [-0.2, 0) is 9.59 Å². The minimum absolute atomic E-state index is 0.178. The van der Waals surface area contributed by atoms with E-state index in [1.165, 1.54) is 7.05 Å². The van der Waals surface area contributed by atoms with Crippen LogP contribution in [0.4, 0.5) is 5.69 Å². The highest BCUT2D eigenvalue weighted by molar-refractivity contribution is 6.04. The summed E-state index contributed by atoms with van der Waals surface area (Å²) in [6, 6.07) is 6.58. The number of hydrogen-bond acceptors (Lipinski definition) is 4. The van der Waals surface area contributed by atoms with Crippen molar-refractivity contribution in [1.29, 1.82) is 0 Å². The van der Waals surface area contributed by atoms with Crippen LogP contribution >= 0.6 is 0 Å². The highest BCUT2D eigenvalue weighted by Crippen LogP contribution is 2.14. The van der Waals surface area contributed by atoms with Gasteiger partial charge in [-0.1, -0.05) is 12.1 Å². The molecule has 7 nitrogen and oxygen atoms in total. The Balaban J connectivity index is 2.69. The van der Waals surface area contributed by atoms with E-state index >= 15 is 0 Å². The number of carbonyl (C=O) groups is 3. The summed E-state index contributed by atoms with van der Waals surface area (Å²) in [5, 5.41) is 7.37. The van der Waals surface area contributed by atoms with Crippen LogP contribution in [0.1, 0.15) is 10.4 Å². The first-order chi connectivity index (χ1) is 9.08. The molecule has 1 aromatic carbocycles. The molecule has 0 bridgehead atoms. The smallest absolute Gasteiger partial charge is 0.253 e. The van der Waals surface area contributed by atoms with Gasteiger partial charge in [0.15, 0.2) is 0 Å². The Morgan fingerprint density at radius 2 is 1.84 bits per heavy atom. The molecule has 19 heavy (non-hydrogen) atoms. The Morgan fingerprint density at radius 3 is 2.47 bits per heavy atom. The Labute approximate surface area is 110 Å². The summed E-state index contributed by atoms with van der Waals surface area (Å²) in [4.78, 5) is 34.1. The van der Waals surface area contributed by atoms with E-state index in [0.717, 1.165) is 0 Å². The number of rotatable bonds is 5. The molecule has 102 valence electrons. The molecule has 0 radical (unpaired) electrons. The third-order valence-electron chi connectivity index (χ3n) is 2.30. The Kier molecular flexibility index (Phi) is 5.49. The van der Waals surface area contributed by atoms with Gasteiger partial charge in [0.05, 0.1) is 24.3 Å². The molecule has 1 rings (SSSR count). The van der Waals surface area contributed by atoms with E-state index in [9.17, 15) is 14.4 Å². The third-order valence-corrected chi connectivity index (χ3v) is 2.30. The lowest BCUT2D eigenvalue weighted by molar-refractivity contribution is -0.123. The average molecular weight is 264 g/mol. The van der Waals surface area contributed by atoms with E-state index in [1.54, 1.807) is 24.3 Å². The molecule has 0 spiro atoms. The van der Waals surface area contributed by atoms with Gasteiger partial charge in [0.25, 0.3) is 5.91 Å². The summed E-state index contributed by atoms with van der Waals surface area (Å²) < 4.78 is 0. The number of nitrogens with one attached hydrogen (secondary N) is 3. The number of carbonyl (C=O) groups excluding carboxylic acids is 3. The average Bonchev–Trinajstić information content (AvgIpc) is 2.44. The van der Waals surface area contributed by atoms with Crippen molar-refractivity contribution in [2.24, 2.45) is 5.73 Å². The van der Waals surface area contributed by atoms with Crippen LogP contribution < -0.4 is 21.7 Å². The summed E-state index contributed by atoms with van der Waals surface area (Å²) in [5.41, 5.74) is 5.83. The first-order valence-electron chi connectivity index (χ1n) is 5.66. The number of benzene rings is 1. The number of amides is 3.